The third-order valence-electron chi connectivity index (χ3n) is 3.44. The van der Waals surface area contributed by atoms with Crippen LogP contribution in [0.2, 0.25) is 0 Å². The van der Waals surface area contributed by atoms with Crippen LogP contribution in [0.4, 0.5) is 11.4 Å². The molecule has 0 saturated heterocycles. The molecule has 0 aliphatic rings. The van der Waals surface area contributed by atoms with Crippen LogP contribution in [0, 0.1) is 11.3 Å². The fourth-order valence-corrected chi connectivity index (χ4v) is 3.05. The van der Waals surface area contributed by atoms with Crippen LogP contribution in [0.3, 0.4) is 0 Å². The highest BCUT2D eigenvalue weighted by atomic mass is 32.1. The van der Waals surface area contributed by atoms with Gasteiger partial charge in [0.2, 0.25) is 5.91 Å². The van der Waals surface area contributed by atoms with Gasteiger partial charge in [0, 0.05) is 11.4 Å². The molecule has 0 fully saturated rings. The van der Waals surface area contributed by atoms with Crippen molar-refractivity contribution in [2.75, 3.05) is 17.2 Å². The highest BCUT2D eigenvalue weighted by molar-refractivity contribution is 7.19. The van der Waals surface area contributed by atoms with Crippen LogP contribution in [0.1, 0.15) is 5.01 Å². The molecule has 0 unspecified atom stereocenters. The normalized spacial score (nSPS) is 9.81. The van der Waals surface area contributed by atoms with E-state index in [1.165, 1.54) is 11.3 Å². The minimum absolute atomic E-state index is 0.147. The van der Waals surface area contributed by atoms with Gasteiger partial charge in [-0.1, -0.05) is 42.5 Å². The first-order valence-electron chi connectivity index (χ1n) is 7.97. The molecule has 0 atom stereocenters. The highest BCUT2D eigenvalue weighted by Gasteiger charge is 2.06. The van der Waals surface area contributed by atoms with Crippen LogP contribution < -0.4 is 10.6 Å². The van der Waals surface area contributed by atoms with E-state index < -0.39 is 0 Å². The number of hydrogen-bond acceptors (Lipinski definition) is 5. The summed E-state index contributed by atoms with van der Waals surface area (Å²) in [4.78, 5) is 16.4. The summed E-state index contributed by atoms with van der Waals surface area (Å²) in [5.74, 6) is -0.153. The Labute approximate surface area is 155 Å². The number of amides is 1. The number of fused-ring (bicyclic) bond motifs is 1. The van der Waals surface area contributed by atoms with Gasteiger partial charge < -0.3 is 10.6 Å². The second kappa shape index (κ2) is 8.60. The van der Waals surface area contributed by atoms with Crippen molar-refractivity contribution in [2.45, 2.75) is 0 Å². The topological polar surface area (TPSA) is 77.8 Å². The molecular weight excluding hydrogens is 344 g/mol. The van der Waals surface area contributed by atoms with Gasteiger partial charge in [-0.2, -0.15) is 5.26 Å². The Balaban J connectivity index is 1.65. The first-order chi connectivity index (χ1) is 12.7. The Morgan fingerprint density at radius 3 is 2.38 bits per heavy atom. The van der Waals surface area contributed by atoms with E-state index in [4.69, 9.17) is 5.26 Å². The van der Waals surface area contributed by atoms with Gasteiger partial charge in [0.25, 0.3) is 0 Å². The molecule has 3 aromatic rings. The van der Waals surface area contributed by atoms with Crippen LogP contribution in [0.15, 0.2) is 72.8 Å². The summed E-state index contributed by atoms with van der Waals surface area (Å²) in [5.41, 5.74) is 2.28. The number of nitrogens with zero attached hydrogens (tertiary/aromatic N) is 2. The van der Waals surface area contributed by atoms with Crippen molar-refractivity contribution in [2.24, 2.45) is 0 Å². The average molecular weight is 360 g/mol. The molecule has 0 aliphatic heterocycles. The number of nitriles is 1. The Kier molecular flexibility index (Phi) is 5.76. The molecule has 5 nitrogen and oxygen atoms in total. The second-order valence-corrected chi connectivity index (χ2v) is 6.38. The summed E-state index contributed by atoms with van der Waals surface area (Å²) >= 11 is 1.31. The molecule has 0 bridgehead atoms. The van der Waals surface area contributed by atoms with E-state index in [1.54, 1.807) is 12.1 Å². The lowest BCUT2D eigenvalue weighted by molar-refractivity contribution is -0.114. The van der Waals surface area contributed by atoms with Crippen molar-refractivity contribution in [1.82, 2.24) is 4.98 Å². The van der Waals surface area contributed by atoms with Crippen molar-refractivity contribution in [3.05, 3.63) is 77.8 Å². The summed E-state index contributed by atoms with van der Waals surface area (Å²) < 4.78 is 0.871. The summed E-state index contributed by atoms with van der Waals surface area (Å²) in [6.45, 7) is 0.147. The monoisotopic (exact) mass is 360 g/mol. The number of anilines is 2. The van der Waals surface area contributed by atoms with Gasteiger partial charge in [0.05, 0.1) is 16.8 Å². The van der Waals surface area contributed by atoms with Gasteiger partial charge in [-0.05, 0) is 30.3 Å². The molecule has 0 radical (unpaired) electrons. The number of thiazole rings is 1. The number of carbonyl (C=O) groups is 1. The fraction of sp³-hybridized carbons (Fsp3) is 0.0500. The third kappa shape index (κ3) is 4.79. The van der Waals surface area contributed by atoms with E-state index in [-0.39, 0.29) is 12.5 Å². The van der Waals surface area contributed by atoms with Crippen molar-refractivity contribution in [1.29, 1.82) is 5.26 Å². The third-order valence-corrected chi connectivity index (χ3v) is 4.36. The van der Waals surface area contributed by atoms with Gasteiger partial charge >= 0.3 is 0 Å². The summed E-state index contributed by atoms with van der Waals surface area (Å²) in [6, 6.07) is 24.7. The van der Waals surface area contributed by atoms with Crippen molar-refractivity contribution < 1.29 is 4.79 Å². The van der Waals surface area contributed by atoms with E-state index in [0.717, 1.165) is 15.9 Å². The molecule has 0 aliphatic carbocycles. The maximum Gasteiger partial charge on any atom is 0.243 e. The van der Waals surface area contributed by atoms with Gasteiger partial charge in [-0.25, -0.2) is 4.98 Å². The number of rotatable bonds is 4. The molecule has 0 saturated carbocycles. The van der Waals surface area contributed by atoms with E-state index in [2.05, 4.69) is 15.6 Å². The first-order valence-corrected chi connectivity index (χ1v) is 8.79. The van der Waals surface area contributed by atoms with Crippen LogP contribution in [-0.4, -0.2) is 17.4 Å². The lowest BCUT2D eigenvalue weighted by atomic mass is 10.3. The predicted octanol–water partition coefficient (Wildman–Crippen LogP) is 4.34. The Hall–Kier alpha value is -3.43. The zero-order valence-corrected chi connectivity index (χ0v) is 14.7. The Morgan fingerprint density at radius 1 is 1.00 bits per heavy atom. The average Bonchev–Trinajstić information content (AvgIpc) is 3.07. The predicted molar refractivity (Wildman–Crippen MR) is 106 cm³/mol. The first kappa shape index (κ1) is 17.4. The molecule has 3 rings (SSSR count). The minimum Gasteiger partial charge on any atom is -0.376 e. The van der Waals surface area contributed by atoms with E-state index in [1.807, 2.05) is 66.7 Å². The summed E-state index contributed by atoms with van der Waals surface area (Å²) in [6.07, 6.45) is 0. The highest BCUT2D eigenvalue weighted by Crippen LogP contribution is 2.24. The molecule has 2 N–H and O–H groups in total. The molecule has 0 spiro atoms. The van der Waals surface area contributed by atoms with Crippen LogP contribution in [-0.2, 0) is 4.79 Å². The Bertz CT molecular complexity index is 996. The van der Waals surface area contributed by atoms with Crippen LogP contribution >= 0.6 is 11.3 Å². The lowest BCUT2D eigenvalue weighted by Crippen LogP contribution is -2.21. The van der Waals surface area contributed by atoms with Crippen molar-refractivity contribution >= 4 is 38.8 Å². The van der Waals surface area contributed by atoms with Crippen molar-refractivity contribution in [3.63, 3.8) is 0 Å². The molecule has 1 amide bonds. The maximum absolute atomic E-state index is 12.2. The van der Waals surface area contributed by atoms with E-state index >= 15 is 0 Å². The molecule has 6 heteroatoms. The quantitative estimate of drug-likeness (QED) is 0.725. The zero-order chi connectivity index (χ0) is 18.2. The molecule has 128 valence electrons. The number of carbonyl (C=O) groups excluding carboxylic acids is 1. The zero-order valence-electron chi connectivity index (χ0n) is 13.8. The second-order valence-electron chi connectivity index (χ2n) is 5.35. The number of aromatic nitrogens is 1. The van der Waals surface area contributed by atoms with Gasteiger partial charge in [-0.15, -0.1) is 11.3 Å². The Morgan fingerprint density at radius 2 is 1.69 bits per heavy atom. The summed E-state index contributed by atoms with van der Waals surface area (Å²) in [7, 11) is 0. The molecular formula is C20H16N4OS. The maximum atomic E-state index is 12.2. The number of benzene rings is 1. The smallest absolute Gasteiger partial charge is 0.243 e. The van der Waals surface area contributed by atoms with Crippen molar-refractivity contribution in [3.8, 4) is 6.07 Å². The SMILES string of the molecule is N#Cc1nc2ccc(NC(=O)CNc3ccccccccc3)cc2s1. The van der Waals surface area contributed by atoms with Gasteiger partial charge in [0.15, 0.2) is 5.01 Å². The van der Waals surface area contributed by atoms with Crippen LogP contribution in [0.5, 0.6) is 0 Å². The van der Waals surface area contributed by atoms with Gasteiger partial charge in [0.1, 0.15) is 6.07 Å². The van der Waals surface area contributed by atoms with E-state index in [9.17, 15) is 4.79 Å². The molecule has 26 heavy (non-hydrogen) atoms. The lowest BCUT2D eigenvalue weighted by Gasteiger charge is -2.07. The molecule has 2 aromatic carbocycles. The molecule has 1 heterocycles. The number of nitrogens with one attached hydrogen (secondary N) is 2. The minimum atomic E-state index is -0.153. The number of hydrogen-bond donors (Lipinski definition) is 2. The molecule has 1 aromatic heterocycles. The fourth-order valence-electron chi connectivity index (χ4n) is 2.25. The van der Waals surface area contributed by atoms with Gasteiger partial charge in [-0.3, -0.25) is 4.79 Å². The summed E-state index contributed by atoms with van der Waals surface area (Å²) in [5, 5.41) is 15.3. The largest absolute Gasteiger partial charge is 0.376 e. The van der Waals surface area contributed by atoms with E-state index in [0.29, 0.717) is 10.7 Å². The standard InChI is InChI=1S/C20H16N4OS/c21-13-20-24-17-11-10-16(12-18(17)26-20)23-19(25)14-22-15-8-6-4-2-1-3-5-7-9-15/h1-12,22H,14H2,(H,23,25). The van der Waals surface area contributed by atoms with Crippen LogP contribution in [0.25, 0.3) is 10.2 Å².